The zero-order valence-corrected chi connectivity index (χ0v) is 28.4. The number of anilines is 5. The van der Waals surface area contributed by atoms with Crippen molar-refractivity contribution in [2.75, 3.05) is 82.3 Å². The summed E-state index contributed by atoms with van der Waals surface area (Å²) in [4.78, 5) is 17.1. The molecule has 10 heteroatoms. The summed E-state index contributed by atoms with van der Waals surface area (Å²) in [7, 11) is 3.68. The molecule has 2 N–H and O–H groups in total. The van der Waals surface area contributed by atoms with Crippen LogP contribution in [0.2, 0.25) is 0 Å². The molecule has 42 heavy (non-hydrogen) atoms. The molecule has 0 amide bonds. The lowest BCUT2D eigenvalue weighted by molar-refractivity contribution is 0.0982. The number of likely N-dealkylation sites (N-methyl/N-ethyl adjacent to an activating group) is 1. The molecule has 3 heterocycles. The number of nitrogens with one attached hydrogen (secondary N) is 2. The fourth-order valence-corrected chi connectivity index (χ4v) is 7.36. The van der Waals surface area contributed by atoms with Crippen LogP contribution in [-0.4, -0.2) is 92.6 Å². The van der Waals surface area contributed by atoms with Gasteiger partial charge in [-0.2, -0.15) is 4.98 Å². The van der Waals surface area contributed by atoms with E-state index >= 15 is 0 Å². The summed E-state index contributed by atoms with van der Waals surface area (Å²) in [6.07, 6.45) is 5.14. The van der Waals surface area contributed by atoms with E-state index < -0.39 is 0 Å². The Labute approximate surface area is 261 Å². The van der Waals surface area contributed by atoms with Crippen molar-refractivity contribution in [1.29, 1.82) is 0 Å². The minimum Gasteiger partial charge on any atom is -0.494 e. The first-order valence-electron chi connectivity index (χ1n) is 15.0. The molecule has 2 saturated heterocycles. The van der Waals surface area contributed by atoms with E-state index in [1.165, 1.54) is 61.1 Å². The highest BCUT2D eigenvalue weighted by molar-refractivity contribution is 9.10. The average Bonchev–Trinajstić information content (AvgIpc) is 3.00. The molecule has 0 unspecified atom stereocenters. The largest absolute Gasteiger partial charge is 0.494 e. The van der Waals surface area contributed by atoms with Gasteiger partial charge in [0.25, 0.3) is 0 Å². The lowest BCUT2D eigenvalue weighted by atomic mass is 9.99. The maximum absolute atomic E-state index is 5.90. The predicted octanol–water partition coefficient (Wildman–Crippen LogP) is 6.19. The summed E-state index contributed by atoms with van der Waals surface area (Å²) in [5.74, 6) is 2.04. The Balaban J connectivity index is 1.33. The van der Waals surface area contributed by atoms with E-state index in [1.54, 1.807) is 13.3 Å². The highest BCUT2D eigenvalue weighted by Crippen LogP contribution is 2.37. The molecule has 0 spiro atoms. The number of nitrogens with zero attached hydrogens (tertiary/aromatic N) is 5. The molecule has 0 bridgehead atoms. The Morgan fingerprint density at radius 3 is 2.40 bits per heavy atom. The normalized spacial score (nSPS) is 17.1. The van der Waals surface area contributed by atoms with E-state index in [2.05, 4.69) is 111 Å². The van der Waals surface area contributed by atoms with Crippen LogP contribution in [0.1, 0.15) is 30.9 Å². The number of methoxy groups -OCH3 is 1. The molecule has 5 rings (SSSR count). The second-order valence-corrected chi connectivity index (χ2v) is 14.8. The third kappa shape index (κ3) is 7.19. The van der Waals surface area contributed by atoms with E-state index in [0.717, 1.165) is 46.9 Å². The van der Waals surface area contributed by atoms with Crippen LogP contribution in [-0.2, 0) is 6.42 Å². The molecule has 8 nitrogen and oxygen atoms in total. The third-order valence-corrected chi connectivity index (χ3v) is 10.4. The second kappa shape index (κ2) is 13.9. The van der Waals surface area contributed by atoms with Crippen LogP contribution < -0.4 is 25.6 Å². The van der Waals surface area contributed by atoms with Gasteiger partial charge in [0, 0.05) is 68.9 Å². The van der Waals surface area contributed by atoms with Gasteiger partial charge in [-0.1, -0.05) is 26.5 Å². The summed E-state index contributed by atoms with van der Waals surface area (Å²) < 4.78 is 6.71. The first kappa shape index (κ1) is 31.0. The summed E-state index contributed by atoms with van der Waals surface area (Å²) in [6.45, 7) is 15.8. The summed E-state index contributed by atoms with van der Waals surface area (Å²) >= 11 is 3.64. The topological polar surface area (TPSA) is 68.8 Å². The van der Waals surface area contributed by atoms with Gasteiger partial charge < -0.3 is 25.2 Å². The minimum atomic E-state index is -0.276. The number of piperazine rings is 1. The highest BCUT2D eigenvalue weighted by Gasteiger charge is 2.28. The van der Waals surface area contributed by atoms with Crippen LogP contribution in [0.5, 0.6) is 5.75 Å². The van der Waals surface area contributed by atoms with Crippen molar-refractivity contribution in [3.8, 4) is 5.75 Å². The maximum Gasteiger partial charge on any atom is 0.229 e. The fraction of sp³-hybridized carbons (Fsp3) is 0.500. The van der Waals surface area contributed by atoms with Gasteiger partial charge in [-0.3, -0.25) is 4.90 Å². The van der Waals surface area contributed by atoms with Crippen LogP contribution in [0.4, 0.5) is 28.8 Å². The lowest BCUT2D eigenvalue weighted by Gasteiger charge is -2.43. The molecule has 0 saturated carbocycles. The molecule has 1 aromatic heterocycles. The lowest BCUT2D eigenvalue weighted by Crippen LogP contribution is -2.52. The quantitative estimate of drug-likeness (QED) is 0.265. The van der Waals surface area contributed by atoms with Gasteiger partial charge in [-0.15, -0.1) is 0 Å². The monoisotopic (exact) mass is 653 g/mol. The van der Waals surface area contributed by atoms with Crippen LogP contribution >= 0.6 is 23.9 Å². The number of aromatic nitrogens is 2. The second-order valence-electron chi connectivity index (χ2n) is 11.6. The van der Waals surface area contributed by atoms with E-state index in [1.807, 2.05) is 0 Å². The molecule has 2 fully saturated rings. The summed E-state index contributed by atoms with van der Waals surface area (Å²) in [6, 6.07) is 11.6. The van der Waals surface area contributed by atoms with Crippen molar-refractivity contribution in [2.45, 2.75) is 39.2 Å². The molecule has 3 aromatic rings. The molecule has 2 aliphatic rings. The number of benzene rings is 2. The molecule has 0 atom stereocenters. The SMILES string of the molecule is CCc1cc(Nc2ncc(Br)c(Nc3ccc(C)cc3P(C)C)n2)c(OC)cc1N1CCC(N2CCN(C)CC2)CC1. The van der Waals surface area contributed by atoms with Gasteiger partial charge >= 0.3 is 0 Å². The van der Waals surface area contributed by atoms with Gasteiger partial charge in [-0.25, -0.2) is 4.98 Å². The molecular formula is C32H45BrN7OP. The predicted molar refractivity (Wildman–Crippen MR) is 183 cm³/mol. The van der Waals surface area contributed by atoms with Gasteiger partial charge in [0.2, 0.25) is 5.95 Å². The molecular weight excluding hydrogens is 609 g/mol. The van der Waals surface area contributed by atoms with Crippen molar-refractivity contribution in [3.63, 3.8) is 0 Å². The molecule has 226 valence electrons. The zero-order valence-electron chi connectivity index (χ0n) is 25.9. The van der Waals surface area contributed by atoms with E-state index in [9.17, 15) is 0 Å². The van der Waals surface area contributed by atoms with Crippen LogP contribution in [0.3, 0.4) is 0 Å². The first-order chi connectivity index (χ1) is 20.2. The van der Waals surface area contributed by atoms with Crippen molar-refractivity contribution >= 4 is 58.0 Å². The Morgan fingerprint density at radius 2 is 1.74 bits per heavy atom. The van der Waals surface area contributed by atoms with Crippen LogP contribution in [0.15, 0.2) is 41.0 Å². The van der Waals surface area contributed by atoms with Gasteiger partial charge in [-0.05, 0) is 91.6 Å². The number of piperidine rings is 1. The third-order valence-electron chi connectivity index (χ3n) is 8.52. The summed E-state index contributed by atoms with van der Waals surface area (Å²) in [5, 5.41) is 8.31. The Kier molecular flexibility index (Phi) is 10.3. The molecule has 2 aromatic carbocycles. The van der Waals surface area contributed by atoms with Crippen LogP contribution in [0, 0.1) is 6.92 Å². The minimum absolute atomic E-state index is 0.276. The number of hydrogen-bond acceptors (Lipinski definition) is 8. The van der Waals surface area contributed by atoms with Crippen LogP contribution in [0.25, 0.3) is 0 Å². The van der Waals surface area contributed by atoms with E-state index in [0.29, 0.717) is 12.0 Å². The van der Waals surface area contributed by atoms with E-state index in [4.69, 9.17) is 9.72 Å². The number of halogens is 1. The average molecular weight is 655 g/mol. The standard InChI is InChI=1S/C32H45BrN7OP/c1-7-23-19-27(29(41-4)20-28(23)40-12-10-24(11-13-40)39-16-14-38(3)15-17-39)36-32-34-21-25(33)31(37-32)35-26-9-8-22(2)18-30(26)42(5)6/h8-9,18-21,24H,7,10-17H2,1-6H3,(H2,34,35,36,37). The Hall–Kier alpha value is -2.45. The number of rotatable bonds is 9. The van der Waals surface area contributed by atoms with Crippen molar-refractivity contribution in [1.82, 2.24) is 19.8 Å². The Bertz CT molecular complexity index is 1370. The molecule has 0 radical (unpaired) electrons. The molecule has 2 aliphatic heterocycles. The van der Waals surface area contributed by atoms with Gasteiger partial charge in [0.05, 0.1) is 17.3 Å². The number of aryl methyl sites for hydroxylation is 2. The maximum atomic E-state index is 5.90. The first-order valence-corrected chi connectivity index (χ1v) is 18.0. The number of hydrogen-bond donors (Lipinski definition) is 2. The molecule has 0 aliphatic carbocycles. The van der Waals surface area contributed by atoms with E-state index in [-0.39, 0.29) is 7.92 Å². The highest BCUT2D eigenvalue weighted by atomic mass is 79.9. The Morgan fingerprint density at radius 1 is 1.00 bits per heavy atom. The van der Waals surface area contributed by atoms with Gasteiger partial charge in [0.1, 0.15) is 11.6 Å². The van der Waals surface area contributed by atoms with Crippen molar-refractivity contribution < 1.29 is 4.74 Å². The smallest absolute Gasteiger partial charge is 0.229 e. The van der Waals surface area contributed by atoms with Crippen molar-refractivity contribution in [2.24, 2.45) is 0 Å². The zero-order chi connectivity index (χ0) is 29.8. The fourth-order valence-electron chi connectivity index (χ4n) is 6.00. The summed E-state index contributed by atoms with van der Waals surface area (Å²) in [5.41, 5.74) is 5.79. The van der Waals surface area contributed by atoms with Crippen molar-refractivity contribution in [3.05, 3.63) is 52.1 Å². The van der Waals surface area contributed by atoms with Gasteiger partial charge in [0.15, 0.2) is 0 Å². The number of ether oxygens (including phenoxy) is 1.